The molecule has 4 nitrogen and oxygen atoms in total. The Labute approximate surface area is 152 Å². The summed E-state index contributed by atoms with van der Waals surface area (Å²) >= 11 is 2.17. The van der Waals surface area contributed by atoms with Gasteiger partial charge in [-0.1, -0.05) is 6.07 Å². The minimum Gasteiger partial charge on any atom is -0.493 e. The molecular weight excluding hydrogens is 431 g/mol. The highest BCUT2D eigenvalue weighted by atomic mass is 127. The van der Waals surface area contributed by atoms with Gasteiger partial charge in [-0.15, -0.1) is 0 Å². The van der Waals surface area contributed by atoms with Crippen molar-refractivity contribution in [2.45, 2.75) is 13.0 Å². The van der Waals surface area contributed by atoms with E-state index in [1.54, 1.807) is 24.3 Å². The predicted molar refractivity (Wildman–Crippen MR) is 94.8 cm³/mol. The molecule has 0 fully saturated rings. The highest BCUT2D eigenvalue weighted by Crippen LogP contribution is 2.29. The van der Waals surface area contributed by atoms with Crippen molar-refractivity contribution >= 4 is 28.5 Å². The second kappa shape index (κ2) is 8.81. The van der Waals surface area contributed by atoms with E-state index < -0.39 is 6.61 Å². The molecule has 2 rings (SSSR count). The molecule has 24 heavy (non-hydrogen) atoms. The van der Waals surface area contributed by atoms with E-state index in [0.29, 0.717) is 18.5 Å². The van der Waals surface area contributed by atoms with Crippen molar-refractivity contribution in [3.05, 3.63) is 57.2 Å². The quantitative estimate of drug-likeness (QED) is 0.656. The molecule has 0 atom stereocenters. The maximum atomic E-state index is 12.4. The van der Waals surface area contributed by atoms with Gasteiger partial charge in [0.25, 0.3) is 5.91 Å². The first-order chi connectivity index (χ1) is 11.5. The van der Waals surface area contributed by atoms with Gasteiger partial charge in [0.15, 0.2) is 11.5 Å². The van der Waals surface area contributed by atoms with Crippen molar-refractivity contribution in [1.82, 2.24) is 5.32 Å². The van der Waals surface area contributed by atoms with Crippen molar-refractivity contribution in [3.63, 3.8) is 0 Å². The van der Waals surface area contributed by atoms with Crippen LogP contribution in [0.5, 0.6) is 11.5 Å². The normalized spacial score (nSPS) is 10.5. The van der Waals surface area contributed by atoms with Crippen molar-refractivity contribution in [2.24, 2.45) is 0 Å². The second-order valence-corrected chi connectivity index (χ2v) is 6.12. The van der Waals surface area contributed by atoms with Crippen LogP contribution in [0, 0.1) is 3.57 Å². The lowest BCUT2D eigenvalue weighted by Gasteiger charge is -2.12. The smallest absolute Gasteiger partial charge is 0.387 e. The first kappa shape index (κ1) is 18.4. The van der Waals surface area contributed by atoms with Crippen LogP contribution in [0.4, 0.5) is 8.78 Å². The number of methoxy groups -OCH3 is 1. The third-order valence-corrected chi connectivity index (χ3v) is 3.97. The van der Waals surface area contributed by atoms with Gasteiger partial charge in [0.1, 0.15) is 0 Å². The topological polar surface area (TPSA) is 47.6 Å². The Morgan fingerprint density at radius 2 is 1.88 bits per heavy atom. The van der Waals surface area contributed by atoms with Gasteiger partial charge in [-0.2, -0.15) is 8.78 Å². The lowest BCUT2D eigenvalue weighted by Crippen LogP contribution is -2.25. The number of halogens is 3. The molecule has 128 valence electrons. The Bertz CT molecular complexity index is 693. The third-order valence-electron chi connectivity index (χ3n) is 3.25. The number of carbonyl (C=O) groups excluding carboxylic acids is 1. The summed E-state index contributed by atoms with van der Waals surface area (Å²) in [5.74, 6) is 0.0416. The Morgan fingerprint density at radius 3 is 2.50 bits per heavy atom. The van der Waals surface area contributed by atoms with Gasteiger partial charge in [0, 0.05) is 15.7 Å². The minimum atomic E-state index is -2.92. The summed E-state index contributed by atoms with van der Waals surface area (Å²) in [6, 6.07) is 12.0. The summed E-state index contributed by atoms with van der Waals surface area (Å²) in [5.41, 5.74) is 1.33. The summed E-state index contributed by atoms with van der Waals surface area (Å²) in [5, 5.41) is 2.79. The fraction of sp³-hybridized carbons (Fsp3) is 0.235. The van der Waals surface area contributed by atoms with E-state index in [1.807, 2.05) is 12.1 Å². The zero-order valence-corrected chi connectivity index (χ0v) is 15.0. The zero-order chi connectivity index (χ0) is 17.5. The molecule has 2 aromatic rings. The molecule has 0 spiro atoms. The zero-order valence-electron chi connectivity index (χ0n) is 12.9. The van der Waals surface area contributed by atoms with E-state index in [-0.39, 0.29) is 17.4 Å². The summed E-state index contributed by atoms with van der Waals surface area (Å²) in [6.45, 7) is -2.54. The van der Waals surface area contributed by atoms with Crippen LogP contribution in [0.2, 0.25) is 0 Å². The highest BCUT2D eigenvalue weighted by Gasteiger charge is 2.11. The monoisotopic (exact) mass is 447 g/mol. The van der Waals surface area contributed by atoms with Gasteiger partial charge in [0.05, 0.1) is 7.11 Å². The lowest BCUT2D eigenvalue weighted by atomic mass is 10.1. The van der Waals surface area contributed by atoms with Gasteiger partial charge in [-0.25, -0.2) is 0 Å². The van der Waals surface area contributed by atoms with Crippen LogP contribution in [0.1, 0.15) is 15.9 Å². The Hall–Kier alpha value is -1.90. The fourth-order valence-electron chi connectivity index (χ4n) is 2.09. The molecule has 0 unspecified atom stereocenters. The molecule has 0 saturated carbocycles. The first-order valence-corrected chi connectivity index (χ1v) is 8.23. The van der Waals surface area contributed by atoms with Crippen LogP contribution < -0.4 is 14.8 Å². The van der Waals surface area contributed by atoms with Crippen molar-refractivity contribution in [2.75, 3.05) is 13.7 Å². The minimum absolute atomic E-state index is 0.0195. The van der Waals surface area contributed by atoms with Crippen LogP contribution in [-0.4, -0.2) is 26.2 Å². The molecule has 0 aliphatic carbocycles. The summed E-state index contributed by atoms with van der Waals surface area (Å²) in [6.07, 6.45) is 0.486. The average Bonchev–Trinajstić information content (AvgIpc) is 2.55. The Kier molecular flexibility index (Phi) is 6.77. The van der Waals surface area contributed by atoms with Gasteiger partial charge >= 0.3 is 6.61 Å². The van der Waals surface area contributed by atoms with E-state index in [2.05, 4.69) is 32.6 Å². The molecule has 0 bridgehead atoms. The van der Waals surface area contributed by atoms with E-state index in [9.17, 15) is 13.6 Å². The average molecular weight is 447 g/mol. The van der Waals surface area contributed by atoms with Crippen molar-refractivity contribution < 1.29 is 23.0 Å². The van der Waals surface area contributed by atoms with Gasteiger partial charge in [0.2, 0.25) is 0 Å². The molecule has 0 aliphatic rings. The van der Waals surface area contributed by atoms with E-state index in [4.69, 9.17) is 4.74 Å². The van der Waals surface area contributed by atoms with Crippen LogP contribution in [0.15, 0.2) is 42.5 Å². The number of carbonyl (C=O) groups is 1. The first-order valence-electron chi connectivity index (χ1n) is 7.15. The van der Waals surface area contributed by atoms with E-state index in [0.717, 1.165) is 9.13 Å². The summed E-state index contributed by atoms with van der Waals surface area (Å²) in [4.78, 5) is 12.0. The molecule has 0 radical (unpaired) electrons. The number of ether oxygens (including phenoxy) is 2. The fourth-order valence-corrected chi connectivity index (χ4v) is 2.45. The highest BCUT2D eigenvalue weighted by molar-refractivity contribution is 14.1. The van der Waals surface area contributed by atoms with Crippen LogP contribution >= 0.6 is 22.6 Å². The number of benzene rings is 2. The Balaban J connectivity index is 1.94. The molecule has 0 aromatic heterocycles. The predicted octanol–water partition coefficient (Wildman–Crippen LogP) is 3.87. The van der Waals surface area contributed by atoms with Crippen LogP contribution in [0.3, 0.4) is 0 Å². The number of rotatable bonds is 7. The van der Waals surface area contributed by atoms with Gasteiger partial charge < -0.3 is 14.8 Å². The standard InChI is InChI=1S/C17H16F2INO3/c1-23-14-7-2-11(10-15(14)24-17(18)19)8-9-21-16(22)12-3-5-13(20)6-4-12/h2-7,10,17H,8-9H2,1H3,(H,21,22). The van der Waals surface area contributed by atoms with Crippen LogP contribution in [0.25, 0.3) is 0 Å². The molecule has 1 N–H and O–H groups in total. The Morgan fingerprint density at radius 1 is 1.17 bits per heavy atom. The van der Waals surface area contributed by atoms with Crippen LogP contribution in [-0.2, 0) is 6.42 Å². The number of hydrogen-bond acceptors (Lipinski definition) is 3. The van der Waals surface area contributed by atoms with Gasteiger partial charge in [-0.05, 0) is 71.0 Å². The second-order valence-electron chi connectivity index (χ2n) is 4.88. The van der Waals surface area contributed by atoms with Crippen molar-refractivity contribution in [1.29, 1.82) is 0 Å². The molecular formula is C17H16F2INO3. The molecule has 0 saturated heterocycles. The largest absolute Gasteiger partial charge is 0.493 e. The SMILES string of the molecule is COc1ccc(CCNC(=O)c2ccc(I)cc2)cc1OC(F)F. The van der Waals surface area contributed by atoms with E-state index >= 15 is 0 Å². The number of hydrogen-bond donors (Lipinski definition) is 1. The van der Waals surface area contributed by atoms with E-state index in [1.165, 1.54) is 13.2 Å². The molecule has 0 aliphatic heterocycles. The van der Waals surface area contributed by atoms with Gasteiger partial charge in [-0.3, -0.25) is 4.79 Å². The number of nitrogens with one attached hydrogen (secondary N) is 1. The van der Waals surface area contributed by atoms with Crippen molar-refractivity contribution in [3.8, 4) is 11.5 Å². The molecule has 2 aromatic carbocycles. The summed E-state index contributed by atoms with van der Waals surface area (Å²) in [7, 11) is 1.38. The maximum Gasteiger partial charge on any atom is 0.387 e. The number of amides is 1. The third kappa shape index (κ3) is 5.33. The number of alkyl halides is 2. The molecule has 7 heteroatoms. The summed E-state index contributed by atoms with van der Waals surface area (Å²) < 4.78 is 35.3. The maximum absolute atomic E-state index is 12.4. The molecule has 0 heterocycles. The molecule has 1 amide bonds. The lowest BCUT2D eigenvalue weighted by molar-refractivity contribution is -0.0512.